The maximum absolute atomic E-state index is 6.45. The van der Waals surface area contributed by atoms with Crippen LogP contribution in [0.3, 0.4) is 0 Å². The molecule has 0 unspecified atom stereocenters. The van der Waals surface area contributed by atoms with Gasteiger partial charge in [-0.05, 0) is 142 Å². The minimum absolute atomic E-state index is 0.0419. The Labute approximate surface area is 625 Å². The van der Waals surface area contributed by atoms with Crippen molar-refractivity contribution in [2.45, 2.75) is 104 Å². The number of hydrogen-bond acceptors (Lipinski definition) is 4. The predicted molar refractivity (Wildman–Crippen MR) is 434 cm³/mol. The Morgan fingerprint density at radius 1 is 0.231 bits per heavy atom. The highest BCUT2D eigenvalue weighted by molar-refractivity contribution is 6.09. The normalized spacial score (nSPS) is 15.9. The Bertz CT molecular complexity index is 6970. The van der Waals surface area contributed by atoms with Crippen LogP contribution < -0.4 is 37.2 Å². The topological polar surface area (TPSA) is 52.4 Å². The van der Waals surface area contributed by atoms with Gasteiger partial charge in [0, 0.05) is 93.1 Å². The Hall–Kier alpha value is -12.5. The molecule has 14 aromatic carbocycles. The van der Waals surface area contributed by atoms with Gasteiger partial charge in [0.05, 0.1) is 22.3 Å². The van der Waals surface area contributed by atoms with E-state index in [1.807, 2.05) is 0 Å². The van der Waals surface area contributed by atoms with Gasteiger partial charge in [-0.25, -0.2) is 0 Å². The first-order valence-electron chi connectivity index (χ1n) is 38.1. The Morgan fingerprint density at radius 2 is 0.519 bits per heavy atom. The lowest BCUT2D eigenvalue weighted by atomic mass is 9.80. The summed E-state index contributed by atoms with van der Waals surface area (Å²) in [6.45, 7) is 21.1. The molecule has 516 valence electrons. The quantitative estimate of drug-likeness (QED) is 0.112. The van der Waals surface area contributed by atoms with Crippen molar-refractivity contribution in [1.82, 2.24) is 0 Å². The molecule has 8 heterocycles. The number of hydrogen-bond donors (Lipinski definition) is 0. The number of benzene rings is 14. The van der Waals surface area contributed by atoms with E-state index in [0.717, 1.165) is 23.0 Å². The monoisotopic (exact) mass is 1400 g/mol. The molecule has 0 atom stereocenters. The summed E-state index contributed by atoms with van der Waals surface area (Å²) in [5.41, 5.74) is 22.7. The molecular weight excluding hydrogens is 1320 g/mol. The first kappa shape index (κ1) is 61.8. The average molecular weight is 1400 g/mol. The van der Waals surface area contributed by atoms with Gasteiger partial charge in [0.1, 0.15) is 23.0 Å². The number of nitrogens with zero attached hydrogens (tertiary/aromatic N) is 4. The molecule has 18 aromatic rings. The maximum Gasteiger partial charge on any atom is 0.293 e. The molecule has 8 aliphatic rings. The molecular formula is C100H76N4O4+4. The summed E-state index contributed by atoms with van der Waals surface area (Å²) in [6, 6.07) is 90.2. The van der Waals surface area contributed by atoms with Gasteiger partial charge in [-0.1, -0.05) is 237 Å². The summed E-state index contributed by atoms with van der Waals surface area (Å²) < 4.78 is 34.6. The zero-order valence-electron chi connectivity index (χ0n) is 61.7. The fourth-order valence-corrected chi connectivity index (χ4v) is 20.6. The predicted octanol–water partition coefficient (Wildman–Crippen LogP) is 22.1. The molecule has 26 rings (SSSR count). The maximum atomic E-state index is 6.45. The van der Waals surface area contributed by atoms with Gasteiger partial charge in [0.2, 0.25) is 28.3 Å². The van der Waals surface area contributed by atoms with Crippen LogP contribution in [0.1, 0.15) is 99.9 Å². The van der Waals surface area contributed by atoms with Gasteiger partial charge in [0.15, 0.2) is 18.6 Å². The number of aromatic nitrogens is 4. The molecule has 0 spiro atoms. The highest BCUT2D eigenvalue weighted by atomic mass is 16.5. The molecule has 4 aromatic heterocycles. The number of ether oxygens (including phenoxy) is 4. The highest BCUT2D eigenvalue weighted by Crippen LogP contribution is 2.61. The molecule has 108 heavy (non-hydrogen) atoms. The summed E-state index contributed by atoms with van der Waals surface area (Å²) in [5.74, 6) is 4.19. The van der Waals surface area contributed by atoms with Gasteiger partial charge in [-0.2, -0.15) is 18.3 Å². The molecule has 8 heteroatoms. The van der Waals surface area contributed by atoms with Crippen LogP contribution in [0, 0.1) is 0 Å². The molecule has 4 aliphatic heterocycles. The van der Waals surface area contributed by atoms with E-state index in [4.69, 9.17) is 18.9 Å². The van der Waals surface area contributed by atoms with E-state index >= 15 is 0 Å². The van der Waals surface area contributed by atoms with Crippen molar-refractivity contribution >= 4 is 108 Å². The van der Waals surface area contributed by atoms with Gasteiger partial charge < -0.3 is 18.9 Å². The number of pyridine rings is 4. The van der Waals surface area contributed by atoms with Crippen LogP contribution in [0.15, 0.2) is 267 Å². The fourth-order valence-electron chi connectivity index (χ4n) is 20.6. The second-order valence-corrected chi connectivity index (χ2v) is 33.0. The van der Waals surface area contributed by atoms with E-state index in [1.54, 1.807) is 0 Å². The Balaban J connectivity index is 0.0000000872. The second-order valence-electron chi connectivity index (χ2n) is 33.0. The summed E-state index contributed by atoms with van der Waals surface area (Å²) in [6.07, 6.45) is 6.73. The van der Waals surface area contributed by atoms with Gasteiger partial charge in [-0.15, -0.1) is 0 Å². The molecule has 0 N–H and O–H groups in total. The van der Waals surface area contributed by atoms with Crippen LogP contribution in [0.4, 0.5) is 0 Å². The van der Waals surface area contributed by atoms with Crippen molar-refractivity contribution < 1.29 is 37.2 Å². The lowest BCUT2D eigenvalue weighted by Gasteiger charge is -2.22. The van der Waals surface area contributed by atoms with Crippen LogP contribution in [-0.4, -0.2) is 0 Å². The molecule has 0 fully saturated rings. The zero-order chi connectivity index (χ0) is 72.2. The standard InChI is InChI=1S/2C27H20NO.2C23H18NO/c1-27(2)21-12-18-9-5-6-10-20(18)26-24(21)25-22(27)13-19-11-16-7-3-4-8-17(16)14-23(19)28(25)15-29-26;1-27(2)22-13-18-9-5-6-10-20(18)26-23(22)25-24(27)21-12-17-8-4-3-7-16(17)11-19(21)14-28(25)15-29-26;2*1-23(2)18-11-14-7-3-6-10-17(14)22-19(18)21-20(23)16-9-5-4-8-15(16)12-24(21)13-25-22/h2*3-14H,15H2,1-2H3;2*3-12H,13H2,1-2H3/q4*+1. The number of fused-ring (bicyclic) bond motifs is 18. The zero-order valence-corrected chi connectivity index (χ0v) is 61.7. The van der Waals surface area contributed by atoms with Crippen molar-refractivity contribution in [3.05, 3.63) is 312 Å². The molecule has 8 nitrogen and oxygen atoms in total. The minimum atomic E-state index is -0.0825. The lowest BCUT2D eigenvalue weighted by molar-refractivity contribution is -0.716. The van der Waals surface area contributed by atoms with E-state index in [2.05, 4.69) is 341 Å². The van der Waals surface area contributed by atoms with Crippen molar-refractivity contribution in [2.24, 2.45) is 0 Å². The van der Waals surface area contributed by atoms with Crippen LogP contribution in [0.2, 0.25) is 0 Å². The summed E-state index contributed by atoms with van der Waals surface area (Å²) in [7, 11) is 0. The van der Waals surface area contributed by atoms with E-state index in [1.165, 1.54) is 197 Å². The third-order valence-corrected chi connectivity index (χ3v) is 25.7. The van der Waals surface area contributed by atoms with Crippen LogP contribution in [-0.2, 0) is 48.6 Å². The number of rotatable bonds is 0. The van der Waals surface area contributed by atoms with Crippen molar-refractivity contribution in [1.29, 1.82) is 0 Å². The molecule has 4 aliphatic carbocycles. The first-order chi connectivity index (χ1) is 52.6. The van der Waals surface area contributed by atoms with Crippen LogP contribution in [0.25, 0.3) is 153 Å². The summed E-state index contributed by atoms with van der Waals surface area (Å²) in [4.78, 5) is 0. The third-order valence-electron chi connectivity index (χ3n) is 25.7. The van der Waals surface area contributed by atoms with E-state index in [0.29, 0.717) is 26.9 Å². The third kappa shape index (κ3) is 8.24. The average Bonchev–Trinajstić information content (AvgIpc) is 1.55. The Morgan fingerprint density at radius 3 is 0.926 bits per heavy atom. The van der Waals surface area contributed by atoms with Crippen molar-refractivity contribution in [2.75, 3.05) is 0 Å². The molecule has 0 saturated carbocycles. The molecule has 0 bridgehead atoms. The summed E-state index contributed by atoms with van der Waals surface area (Å²) >= 11 is 0. The van der Waals surface area contributed by atoms with Gasteiger partial charge in [0.25, 0.3) is 26.9 Å². The first-order valence-corrected chi connectivity index (χ1v) is 38.1. The van der Waals surface area contributed by atoms with E-state index in [9.17, 15) is 0 Å². The SMILES string of the molecule is CC1(C)c2cc3ccccc3c3c2-c2c1c1cc4ccccc4cc1c[n+]2CO3.CC1(C)c2cc3ccccc3c3c2-c2c1c1ccccc1c[n+]2CO3.CC1(C)c2cc3ccccc3c3c2-c2c1c1ccccc1c[n+]2CO3.CC1(C)c2cc3ccccc3c3c2-c2c1cc1cc4ccccc4cc1[n+]2CO3. The van der Waals surface area contributed by atoms with Gasteiger partial charge in [-0.3, -0.25) is 0 Å². The molecule has 0 radical (unpaired) electrons. The minimum Gasteiger partial charge on any atom is -0.434 e. The van der Waals surface area contributed by atoms with Gasteiger partial charge >= 0.3 is 0 Å². The molecule has 0 saturated heterocycles. The molecule has 0 amide bonds. The van der Waals surface area contributed by atoms with Crippen molar-refractivity contribution in [3.63, 3.8) is 0 Å². The largest absolute Gasteiger partial charge is 0.434 e. The second kappa shape index (κ2) is 21.6. The summed E-state index contributed by atoms with van der Waals surface area (Å²) in [5, 5.41) is 24.2. The Kier molecular flexibility index (Phi) is 12.4. The smallest absolute Gasteiger partial charge is 0.293 e. The van der Waals surface area contributed by atoms with E-state index < -0.39 is 0 Å². The van der Waals surface area contributed by atoms with Crippen molar-refractivity contribution in [3.8, 4) is 68.0 Å². The fraction of sp³-hybridized carbons (Fsp3) is 0.160. The van der Waals surface area contributed by atoms with Crippen LogP contribution in [0.5, 0.6) is 23.0 Å². The highest BCUT2D eigenvalue weighted by Gasteiger charge is 2.52. The lowest BCUT2D eigenvalue weighted by Crippen LogP contribution is -2.42. The van der Waals surface area contributed by atoms with E-state index in [-0.39, 0.29) is 21.7 Å². The van der Waals surface area contributed by atoms with Crippen LogP contribution >= 0.6 is 0 Å².